The molecule has 0 bridgehead atoms. The summed E-state index contributed by atoms with van der Waals surface area (Å²) >= 11 is 0. The van der Waals surface area contributed by atoms with Crippen LogP contribution in [0.5, 0.6) is 0 Å². The first-order valence-corrected chi connectivity index (χ1v) is 4.99. The molecule has 0 radical (unpaired) electrons. The Morgan fingerprint density at radius 2 is 1.87 bits per heavy atom. The molecule has 0 unspecified atom stereocenters. The van der Waals surface area contributed by atoms with Crippen LogP contribution in [0.25, 0.3) is 0 Å². The number of carbonyl (C=O) groups excluding carboxylic acids is 1. The van der Waals surface area contributed by atoms with Crippen molar-refractivity contribution in [2.24, 2.45) is 11.1 Å². The topological polar surface area (TPSA) is 92.4 Å². The summed E-state index contributed by atoms with van der Waals surface area (Å²) in [6, 6.07) is -0.897. The molecule has 1 aliphatic carbocycles. The first kappa shape index (κ1) is 12.0. The molecular weight excluding hydrogens is 196 g/mol. The van der Waals surface area contributed by atoms with Crippen LogP contribution in [-0.2, 0) is 9.59 Å². The third-order valence-corrected chi connectivity index (χ3v) is 2.63. The van der Waals surface area contributed by atoms with Crippen molar-refractivity contribution in [2.75, 3.05) is 0 Å². The molecule has 1 amide bonds. The van der Waals surface area contributed by atoms with Crippen molar-refractivity contribution in [1.29, 1.82) is 0 Å². The van der Waals surface area contributed by atoms with Gasteiger partial charge in [-0.15, -0.1) is 0 Å². The molecule has 0 spiro atoms. The van der Waals surface area contributed by atoms with E-state index in [1.54, 1.807) is 20.8 Å². The maximum Gasteiger partial charge on any atom is 0.326 e. The Kier molecular flexibility index (Phi) is 2.78. The van der Waals surface area contributed by atoms with Gasteiger partial charge in [0.2, 0.25) is 5.91 Å². The second kappa shape index (κ2) is 3.48. The van der Waals surface area contributed by atoms with Crippen molar-refractivity contribution < 1.29 is 14.7 Å². The lowest BCUT2D eigenvalue weighted by molar-refractivity contribution is -0.145. The van der Waals surface area contributed by atoms with Gasteiger partial charge in [0, 0.05) is 0 Å². The average Bonchev–Trinajstić information content (AvgIpc) is 2.77. The fourth-order valence-electron chi connectivity index (χ4n) is 1.29. The lowest BCUT2D eigenvalue weighted by Gasteiger charge is -2.28. The predicted molar refractivity (Wildman–Crippen MR) is 55.2 cm³/mol. The highest BCUT2D eigenvalue weighted by molar-refractivity contribution is 5.92. The summed E-state index contributed by atoms with van der Waals surface area (Å²) in [5, 5.41) is 11.5. The van der Waals surface area contributed by atoms with Gasteiger partial charge in [0.15, 0.2) is 0 Å². The van der Waals surface area contributed by atoms with Gasteiger partial charge in [0.25, 0.3) is 0 Å². The first-order valence-electron chi connectivity index (χ1n) is 4.99. The molecule has 15 heavy (non-hydrogen) atoms. The quantitative estimate of drug-likeness (QED) is 0.621. The number of aliphatic carboxylic acids is 1. The van der Waals surface area contributed by atoms with Crippen molar-refractivity contribution in [2.45, 2.75) is 45.2 Å². The lowest BCUT2D eigenvalue weighted by Crippen LogP contribution is -2.54. The average molecular weight is 214 g/mol. The van der Waals surface area contributed by atoms with E-state index in [0.29, 0.717) is 12.8 Å². The Labute approximate surface area is 89.0 Å². The molecule has 0 aromatic heterocycles. The molecule has 0 aromatic carbocycles. The van der Waals surface area contributed by atoms with Gasteiger partial charge in [-0.25, -0.2) is 4.79 Å². The molecule has 0 heterocycles. The van der Waals surface area contributed by atoms with Crippen LogP contribution >= 0.6 is 0 Å². The van der Waals surface area contributed by atoms with Crippen LogP contribution in [0.15, 0.2) is 0 Å². The molecule has 1 saturated carbocycles. The number of carbonyl (C=O) groups is 2. The Hall–Kier alpha value is -1.10. The number of rotatable bonds is 3. The van der Waals surface area contributed by atoms with Crippen molar-refractivity contribution in [1.82, 2.24) is 5.32 Å². The number of nitrogens with one attached hydrogen (secondary N) is 1. The summed E-state index contributed by atoms with van der Waals surface area (Å²) in [4.78, 5) is 22.6. The van der Waals surface area contributed by atoms with Crippen LogP contribution in [0.2, 0.25) is 0 Å². The predicted octanol–water partition coefficient (Wildman–Crippen LogP) is 0.0932. The van der Waals surface area contributed by atoms with Crippen molar-refractivity contribution in [3.05, 3.63) is 0 Å². The Balaban J connectivity index is 2.68. The summed E-state index contributed by atoms with van der Waals surface area (Å²) in [5.74, 6) is -1.38. The fourth-order valence-corrected chi connectivity index (χ4v) is 1.29. The molecule has 86 valence electrons. The molecule has 0 aliphatic heterocycles. The van der Waals surface area contributed by atoms with Gasteiger partial charge in [-0.1, -0.05) is 20.8 Å². The van der Waals surface area contributed by atoms with E-state index in [2.05, 4.69) is 5.32 Å². The van der Waals surface area contributed by atoms with Gasteiger partial charge in [-0.3, -0.25) is 4.79 Å². The molecular formula is C10H18N2O3. The molecule has 5 heteroatoms. The van der Waals surface area contributed by atoms with E-state index in [0.717, 1.165) is 0 Å². The monoisotopic (exact) mass is 214 g/mol. The molecule has 5 nitrogen and oxygen atoms in total. The highest BCUT2D eigenvalue weighted by Crippen LogP contribution is 2.33. The normalized spacial score (nSPS) is 20.5. The summed E-state index contributed by atoms with van der Waals surface area (Å²) in [6.45, 7) is 5.30. The summed E-state index contributed by atoms with van der Waals surface area (Å²) in [7, 11) is 0. The van der Waals surface area contributed by atoms with Crippen LogP contribution in [0, 0.1) is 5.41 Å². The van der Waals surface area contributed by atoms with Gasteiger partial charge in [0.05, 0.1) is 5.54 Å². The SMILES string of the molecule is CC(C)(C)[C@@H](NC(=O)C1(N)CC1)C(=O)O. The van der Waals surface area contributed by atoms with Crippen molar-refractivity contribution in [3.63, 3.8) is 0 Å². The van der Waals surface area contributed by atoms with Crippen LogP contribution in [0.3, 0.4) is 0 Å². The van der Waals surface area contributed by atoms with E-state index in [4.69, 9.17) is 10.8 Å². The minimum atomic E-state index is -1.03. The molecule has 1 fully saturated rings. The minimum absolute atomic E-state index is 0.357. The van der Waals surface area contributed by atoms with Gasteiger partial charge >= 0.3 is 5.97 Å². The second-order valence-corrected chi connectivity index (χ2v) is 5.27. The Bertz CT molecular complexity index is 290. The summed E-state index contributed by atoms with van der Waals surface area (Å²) in [6.07, 6.45) is 1.27. The van der Waals surface area contributed by atoms with E-state index in [9.17, 15) is 9.59 Å². The molecule has 1 atom stereocenters. The van der Waals surface area contributed by atoms with E-state index < -0.39 is 23.0 Å². The van der Waals surface area contributed by atoms with Crippen LogP contribution < -0.4 is 11.1 Å². The van der Waals surface area contributed by atoms with Crippen molar-refractivity contribution >= 4 is 11.9 Å². The van der Waals surface area contributed by atoms with E-state index >= 15 is 0 Å². The van der Waals surface area contributed by atoms with E-state index in [-0.39, 0.29) is 5.91 Å². The molecule has 1 rings (SSSR count). The van der Waals surface area contributed by atoms with E-state index in [1.165, 1.54) is 0 Å². The minimum Gasteiger partial charge on any atom is -0.480 e. The van der Waals surface area contributed by atoms with Crippen LogP contribution in [-0.4, -0.2) is 28.6 Å². The molecule has 0 saturated heterocycles. The van der Waals surface area contributed by atoms with Crippen molar-refractivity contribution in [3.8, 4) is 0 Å². The number of hydrogen-bond acceptors (Lipinski definition) is 3. The fraction of sp³-hybridized carbons (Fsp3) is 0.800. The number of hydrogen-bond donors (Lipinski definition) is 3. The third kappa shape index (κ3) is 2.68. The highest BCUT2D eigenvalue weighted by Gasteiger charge is 2.48. The zero-order chi connectivity index (χ0) is 11.9. The van der Waals surface area contributed by atoms with Gasteiger partial charge < -0.3 is 16.2 Å². The zero-order valence-corrected chi connectivity index (χ0v) is 9.33. The zero-order valence-electron chi connectivity index (χ0n) is 9.33. The van der Waals surface area contributed by atoms with Gasteiger partial charge in [-0.2, -0.15) is 0 Å². The molecule has 1 aliphatic rings. The van der Waals surface area contributed by atoms with Gasteiger partial charge in [0.1, 0.15) is 6.04 Å². The molecule has 4 N–H and O–H groups in total. The number of carboxylic acid groups (broad SMARTS) is 1. The van der Waals surface area contributed by atoms with Gasteiger partial charge in [-0.05, 0) is 18.3 Å². The third-order valence-electron chi connectivity index (χ3n) is 2.63. The molecule has 0 aromatic rings. The second-order valence-electron chi connectivity index (χ2n) is 5.27. The largest absolute Gasteiger partial charge is 0.480 e. The van der Waals surface area contributed by atoms with Crippen LogP contribution in [0.1, 0.15) is 33.6 Å². The number of amides is 1. The summed E-state index contributed by atoms with van der Waals surface area (Å²) < 4.78 is 0. The van der Waals surface area contributed by atoms with E-state index in [1.807, 2.05) is 0 Å². The number of carboxylic acids is 1. The maximum atomic E-state index is 11.6. The lowest BCUT2D eigenvalue weighted by atomic mass is 9.86. The highest BCUT2D eigenvalue weighted by atomic mass is 16.4. The van der Waals surface area contributed by atoms with Crippen LogP contribution in [0.4, 0.5) is 0 Å². The maximum absolute atomic E-state index is 11.6. The Morgan fingerprint density at radius 3 is 2.13 bits per heavy atom. The number of nitrogens with two attached hydrogens (primary N) is 1. The summed E-state index contributed by atoms with van der Waals surface area (Å²) in [5.41, 5.74) is 4.34. The standard InChI is InChI=1S/C10H18N2O3/c1-9(2,3)6(7(13)14)12-8(15)10(11)4-5-10/h6H,4-5,11H2,1-3H3,(H,12,15)(H,13,14)/t6-/m0/s1. The Morgan fingerprint density at radius 1 is 1.40 bits per heavy atom. The smallest absolute Gasteiger partial charge is 0.326 e. The first-order chi connectivity index (χ1) is 6.67.